The molecule has 0 spiro atoms. The van der Waals surface area contributed by atoms with Gasteiger partial charge < -0.3 is 5.32 Å². The third kappa shape index (κ3) is 3.08. The van der Waals surface area contributed by atoms with Crippen molar-refractivity contribution in [2.45, 2.75) is 38.8 Å². The maximum absolute atomic E-state index is 12.3. The quantitative estimate of drug-likeness (QED) is 0.848. The van der Waals surface area contributed by atoms with Crippen molar-refractivity contribution in [2.24, 2.45) is 0 Å². The molecule has 0 aromatic heterocycles. The number of hydrogen-bond acceptors (Lipinski definition) is 4. The number of halogens is 1. The maximum Gasteiger partial charge on any atom is 0.252 e. The molecule has 1 aromatic rings. The van der Waals surface area contributed by atoms with E-state index in [9.17, 15) is 9.59 Å². The number of benzene rings is 1. The third-order valence-corrected chi connectivity index (χ3v) is 4.30. The van der Waals surface area contributed by atoms with Gasteiger partial charge in [-0.05, 0) is 47.5 Å². The molecule has 110 valence electrons. The van der Waals surface area contributed by atoms with Gasteiger partial charge in [0.2, 0.25) is 5.91 Å². The van der Waals surface area contributed by atoms with Crippen molar-refractivity contribution in [3.63, 3.8) is 0 Å². The Balaban J connectivity index is 2.16. The summed E-state index contributed by atoms with van der Waals surface area (Å²) < 4.78 is 0.698. The van der Waals surface area contributed by atoms with Crippen LogP contribution < -0.4 is 5.32 Å². The van der Waals surface area contributed by atoms with Gasteiger partial charge in [0, 0.05) is 16.2 Å². The first-order valence-corrected chi connectivity index (χ1v) is 7.59. The second kappa shape index (κ2) is 6.27. The summed E-state index contributed by atoms with van der Waals surface area (Å²) >= 11 is 3.36. The van der Waals surface area contributed by atoms with Crippen LogP contribution in [0.5, 0.6) is 0 Å². The van der Waals surface area contributed by atoms with Crippen LogP contribution >= 0.6 is 15.9 Å². The number of carbonyl (C=O) groups is 2. The summed E-state index contributed by atoms with van der Waals surface area (Å²) in [5.41, 5.74) is 1.23. The highest BCUT2D eigenvalue weighted by molar-refractivity contribution is 9.10. The molecule has 1 aliphatic rings. The lowest BCUT2D eigenvalue weighted by atomic mass is 10.2. The van der Waals surface area contributed by atoms with Crippen LogP contribution in [0.4, 0.5) is 5.69 Å². The van der Waals surface area contributed by atoms with Gasteiger partial charge in [0.1, 0.15) is 6.04 Å². The smallest absolute Gasteiger partial charge is 0.252 e. The predicted molar refractivity (Wildman–Crippen MR) is 82.5 cm³/mol. The molecule has 2 amide bonds. The molecule has 2 atom stereocenters. The van der Waals surface area contributed by atoms with Gasteiger partial charge in [0.15, 0.2) is 0 Å². The van der Waals surface area contributed by atoms with Crippen LogP contribution in [0.15, 0.2) is 22.7 Å². The average molecular weight is 350 g/mol. The minimum absolute atomic E-state index is 0.0822. The summed E-state index contributed by atoms with van der Waals surface area (Å²) in [7, 11) is 0. The van der Waals surface area contributed by atoms with Crippen LogP contribution in [0.1, 0.15) is 32.3 Å². The van der Waals surface area contributed by atoms with Crippen molar-refractivity contribution in [3.05, 3.63) is 28.2 Å². The van der Waals surface area contributed by atoms with E-state index in [2.05, 4.69) is 21.2 Å². The fraction of sp³-hybridized carbons (Fsp3) is 0.400. The van der Waals surface area contributed by atoms with Crippen molar-refractivity contribution >= 4 is 33.4 Å². The lowest BCUT2D eigenvalue weighted by Crippen LogP contribution is -2.40. The zero-order valence-corrected chi connectivity index (χ0v) is 13.5. The van der Waals surface area contributed by atoms with E-state index in [1.165, 1.54) is 4.90 Å². The van der Waals surface area contributed by atoms with E-state index in [1.807, 2.05) is 19.9 Å². The Labute approximate surface area is 132 Å². The number of nitrogens with zero attached hydrogens (tertiary/aromatic N) is 2. The normalized spacial score (nSPS) is 19.5. The average Bonchev–Trinajstić information content (AvgIpc) is 2.75. The molecule has 2 unspecified atom stereocenters. The standard InChI is InChI=1S/C15H16BrN3O2/c1-3-9(2)19-14(20)7-13(15(19)21)18-12-5-4-10(8-17)6-11(12)16/h4-6,9,13,18H,3,7H2,1-2H3. The van der Waals surface area contributed by atoms with E-state index in [0.717, 1.165) is 6.42 Å². The molecule has 1 fully saturated rings. The number of nitrogens with one attached hydrogen (secondary N) is 1. The number of imide groups is 1. The van der Waals surface area contributed by atoms with Crippen LogP contribution in [0, 0.1) is 11.3 Å². The predicted octanol–water partition coefficient (Wildman–Crippen LogP) is 2.66. The highest BCUT2D eigenvalue weighted by Crippen LogP contribution is 2.27. The molecule has 1 aliphatic heterocycles. The molecule has 5 nitrogen and oxygen atoms in total. The van der Waals surface area contributed by atoms with Gasteiger partial charge in [-0.1, -0.05) is 6.92 Å². The van der Waals surface area contributed by atoms with Gasteiger partial charge in [-0.3, -0.25) is 14.5 Å². The molecule has 1 heterocycles. The molecule has 2 rings (SSSR count). The van der Waals surface area contributed by atoms with Gasteiger partial charge >= 0.3 is 0 Å². The van der Waals surface area contributed by atoms with Crippen LogP contribution in [-0.4, -0.2) is 28.8 Å². The molecule has 0 aliphatic carbocycles. The fourth-order valence-electron chi connectivity index (χ4n) is 2.30. The van der Waals surface area contributed by atoms with E-state index < -0.39 is 6.04 Å². The number of amides is 2. The van der Waals surface area contributed by atoms with Crippen molar-refractivity contribution < 1.29 is 9.59 Å². The minimum atomic E-state index is -0.546. The van der Waals surface area contributed by atoms with Crippen LogP contribution in [-0.2, 0) is 9.59 Å². The van der Waals surface area contributed by atoms with Crippen molar-refractivity contribution in [3.8, 4) is 6.07 Å². The number of hydrogen-bond donors (Lipinski definition) is 1. The summed E-state index contributed by atoms with van der Waals surface area (Å²) in [4.78, 5) is 25.7. The first-order valence-electron chi connectivity index (χ1n) is 6.80. The number of rotatable bonds is 4. The van der Waals surface area contributed by atoms with Crippen LogP contribution in [0.2, 0.25) is 0 Å². The molecule has 0 bridgehead atoms. The molecule has 0 radical (unpaired) electrons. The van der Waals surface area contributed by atoms with Crippen molar-refractivity contribution in [2.75, 3.05) is 5.32 Å². The monoisotopic (exact) mass is 349 g/mol. The first kappa shape index (κ1) is 15.5. The molecule has 0 saturated carbocycles. The number of carbonyl (C=O) groups excluding carboxylic acids is 2. The van der Waals surface area contributed by atoms with Crippen LogP contribution in [0.3, 0.4) is 0 Å². The topological polar surface area (TPSA) is 73.2 Å². The molecule has 1 aromatic carbocycles. The zero-order chi connectivity index (χ0) is 15.6. The Bertz CT molecular complexity index is 624. The van der Waals surface area contributed by atoms with Crippen molar-refractivity contribution in [1.82, 2.24) is 4.90 Å². The number of likely N-dealkylation sites (tertiary alicyclic amines) is 1. The molecular formula is C15H16BrN3O2. The second-order valence-electron chi connectivity index (χ2n) is 5.07. The summed E-state index contributed by atoms with van der Waals surface area (Å²) in [6, 6.07) is 6.49. The molecule has 6 heteroatoms. The lowest BCUT2D eigenvalue weighted by molar-refractivity contribution is -0.140. The molecular weight excluding hydrogens is 334 g/mol. The van der Waals surface area contributed by atoms with E-state index in [1.54, 1.807) is 18.2 Å². The van der Waals surface area contributed by atoms with E-state index in [-0.39, 0.29) is 24.3 Å². The fourth-order valence-corrected chi connectivity index (χ4v) is 2.79. The highest BCUT2D eigenvalue weighted by atomic mass is 79.9. The van der Waals surface area contributed by atoms with Gasteiger partial charge in [-0.25, -0.2) is 0 Å². The van der Waals surface area contributed by atoms with E-state index in [0.29, 0.717) is 15.7 Å². The Morgan fingerprint density at radius 1 is 1.52 bits per heavy atom. The molecule has 21 heavy (non-hydrogen) atoms. The van der Waals surface area contributed by atoms with Gasteiger partial charge in [-0.2, -0.15) is 5.26 Å². The largest absolute Gasteiger partial charge is 0.372 e. The Morgan fingerprint density at radius 2 is 2.24 bits per heavy atom. The van der Waals surface area contributed by atoms with Crippen molar-refractivity contribution in [1.29, 1.82) is 5.26 Å². The van der Waals surface area contributed by atoms with E-state index in [4.69, 9.17) is 5.26 Å². The lowest BCUT2D eigenvalue weighted by Gasteiger charge is -2.22. The summed E-state index contributed by atoms with van der Waals surface area (Å²) in [6.45, 7) is 3.82. The molecule has 1 saturated heterocycles. The highest BCUT2D eigenvalue weighted by Gasteiger charge is 2.40. The van der Waals surface area contributed by atoms with Gasteiger partial charge in [0.05, 0.1) is 18.1 Å². The first-order chi connectivity index (χ1) is 9.97. The SMILES string of the molecule is CCC(C)N1C(=O)CC(Nc2ccc(C#N)cc2Br)C1=O. The van der Waals surface area contributed by atoms with E-state index >= 15 is 0 Å². The summed E-state index contributed by atoms with van der Waals surface area (Å²) in [6.07, 6.45) is 0.903. The minimum Gasteiger partial charge on any atom is -0.372 e. The van der Waals surface area contributed by atoms with Gasteiger partial charge in [0.25, 0.3) is 5.91 Å². The number of nitriles is 1. The Morgan fingerprint density at radius 3 is 2.81 bits per heavy atom. The maximum atomic E-state index is 12.3. The summed E-state index contributed by atoms with van der Waals surface area (Å²) in [5, 5.41) is 11.9. The summed E-state index contributed by atoms with van der Waals surface area (Å²) in [5.74, 6) is -0.331. The Kier molecular flexibility index (Phi) is 4.63. The van der Waals surface area contributed by atoms with Crippen LogP contribution in [0.25, 0.3) is 0 Å². The number of anilines is 1. The zero-order valence-electron chi connectivity index (χ0n) is 11.9. The Hall–Kier alpha value is -1.87. The second-order valence-corrected chi connectivity index (χ2v) is 5.92. The molecule has 1 N–H and O–H groups in total. The third-order valence-electron chi connectivity index (χ3n) is 3.64. The van der Waals surface area contributed by atoms with Gasteiger partial charge in [-0.15, -0.1) is 0 Å².